The standard InChI is InChI=1S/CH5N.5ClH.Rh/c1-2;;;;;;/h2H2,1H3;5*1H;/q;;;;;;+5/p-5. The summed E-state index contributed by atoms with van der Waals surface area (Å²) in [6, 6.07) is 0. The van der Waals surface area contributed by atoms with Crippen molar-refractivity contribution in [1.29, 1.82) is 0 Å². The molecule has 1 nitrogen and oxygen atoms in total. The molecule has 0 aromatic carbocycles. The van der Waals surface area contributed by atoms with E-state index in [0.29, 0.717) is 0 Å². The molecule has 8 heavy (non-hydrogen) atoms. The molecule has 0 unspecified atom stereocenters. The van der Waals surface area contributed by atoms with Crippen LogP contribution in [0.5, 0.6) is 0 Å². The molecule has 58 valence electrons. The monoisotopic (exact) mass is 309 g/mol. The molecule has 0 aliphatic carbocycles. The first-order chi connectivity index (χ1) is 3.24. The molecule has 0 spiro atoms. The number of halogens is 5. The van der Waals surface area contributed by atoms with E-state index < -0.39 is 8.65 Å². The summed E-state index contributed by atoms with van der Waals surface area (Å²) in [6.07, 6.45) is 0. The molecule has 0 heterocycles. The summed E-state index contributed by atoms with van der Waals surface area (Å²) in [6.45, 7) is 0. The van der Waals surface area contributed by atoms with Crippen LogP contribution in [0.3, 0.4) is 0 Å². The van der Waals surface area contributed by atoms with Gasteiger partial charge in [-0.1, -0.05) is 0 Å². The average Bonchev–Trinajstić information content (AvgIpc) is 1.33. The maximum absolute atomic E-state index is 5.02. The van der Waals surface area contributed by atoms with Crippen molar-refractivity contribution in [1.82, 2.24) is 0 Å². The molecule has 0 aromatic rings. The van der Waals surface area contributed by atoms with Gasteiger partial charge in [-0.25, -0.2) is 0 Å². The zero-order valence-electron chi connectivity index (χ0n) is 3.80. The van der Waals surface area contributed by atoms with Gasteiger partial charge in [-0.15, -0.1) is 0 Å². The molecular weight excluding hydrogens is 306 g/mol. The Kier molecular flexibility index (Phi) is 6.38. The van der Waals surface area contributed by atoms with Crippen LogP contribution in [-0.4, -0.2) is 7.05 Å². The minimum atomic E-state index is -4.04. The Hall–Kier alpha value is 2.03. The van der Waals surface area contributed by atoms with Crippen LogP contribution in [-0.2, 0) is 8.65 Å². The van der Waals surface area contributed by atoms with E-state index in [1.54, 1.807) is 0 Å². The van der Waals surface area contributed by atoms with Gasteiger partial charge in [0.25, 0.3) is 0 Å². The first kappa shape index (κ1) is 12.7. The van der Waals surface area contributed by atoms with Crippen LogP contribution >= 0.6 is 48.5 Å². The Morgan fingerprint density at radius 1 is 0.875 bits per heavy atom. The fourth-order valence-corrected chi connectivity index (χ4v) is 0. The molecule has 7 heteroatoms. The summed E-state index contributed by atoms with van der Waals surface area (Å²) in [4.78, 5) is 0. The zero-order chi connectivity index (χ0) is 7.45. The van der Waals surface area contributed by atoms with Crippen molar-refractivity contribution in [3.63, 3.8) is 0 Å². The van der Waals surface area contributed by atoms with Crippen molar-refractivity contribution in [3.8, 4) is 0 Å². The first-order valence-corrected chi connectivity index (χ1v) is 11.8. The van der Waals surface area contributed by atoms with E-state index in [4.69, 9.17) is 48.5 Å². The molecular formula is CH5Cl5NRh. The van der Waals surface area contributed by atoms with Crippen molar-refractivity contribution in [2.75, 3.05) is 7.05 Å². The Balaban J connectivity index is 0. The SMILES string of the molecule is CN.[Cl][Rh]([Cl])([Cl])([Cl])[Cl]. The Morgan fingerprint density at radius 2 is 0.875 bits per heavy atom. The van der Waals surface area contributed by atoms with Gasteiger partial charge in [0.2, 0.25) is 0 Å². The number of rotatable bonds is 0. The summed E-state index contributed by atoms with van der Waals surface area (Å²) in [5.41, 5.74) is 4.50. The van der Waals surface area contributed by atoms with Crippen molar-refractivity contribution in [2.24, 2.45) is 5.73 Å². The predicted octanol–water partition coefficient (Wildman–Crippen LogP) is 3.02. The van der Waals surface area contributed by atoms with E-state index >= 15 is 0 Å². The summed E-state index contributed by atoms with van der Waals surface area (Å²) in [5, 5.41) is 0. The van der Waals surface area contributed by atoms with Gasteiger partial charge in [-0.05, 0) is 7.05 Å². The Labute approximate surface area is 69.3 Å². The van der Waals surface area contributed by atoms with Crippen LogP contribution in [0.2, 0.25) is 0 Å². The zero-order valence-corrected chi connectivity index (χ0v) is 9.22. The second-order valence-electron chi connectivity index (χ2n) is 0.476. The third kappa shape index (κ3) is 96.1. The summed E-state index contributed by atoms with van der Waals surface area (Å²) in [5.74, 6) is 0. The van der Waals surface area contributed by atoms with E-state index in [9.17, 15) is 0 Å². The van der Waals surface area contributed by atoms with Crippen LogP contribution < -0.4 is 5.73 Å². The van der Waals surface area contributed by atoms with Gasteiger partial charge in [-0.2, -0.15) is 0 Å². The molecule has 0 atom stereocenters. The molecule has 0 aliphatic heterocycles. The second-order valence-corrected chi connectivity index (χ2v) is 25.4. The first-order valence-electron chi connectivity index (χ1n) is 1.21. The van der Waals surface area contributed by atoms with E-state index in [-0.39, 0.29) is 0 Å². The van der Waals surface area contributed by atoms with Crippen LogP contribution in [0.1, 0.15) is 0 Å². The molecule has 0 aliphatic rings. The second kappa shape index (κ2) is 4.03. The van der Waals surface area contributed by atoms with Gasteiger partial charge in [0.15, 0.2) is 0 Å². The molecule has 0 aromatic heterocycles. The van der Waals surface area contributed by atoms with Crippen molar-refractivity contribution >= 4 is 48.5 Å². The van der Waals surface area contributed by atoms with E-state index in [1.165, 1.54) is 7.05 Å². The van der Waals surface area contributed by atoms with Gasteiger partial charge >= 0.3 is 57.1 Å². The molecule has 0 saturated heterocycles. The molecule has 2 N–H and O–H groups in total. The molecule has 0 radical (unpaired) electrons. The van der Waals surface area contributed by atoms with Gasteiger partial charge in [0, 0.05) is 0 Å². The molecule has 0 saturated carbocycles. The number of hydrogen-bond donors (Lipinski definition) is 1. The quantitative estimate of drug-likeness (QED) is 0.684. The van der Waals surface area contributed by atoms with Crippen molar-refractivity contribution in [3.05, 3.63) is 0 Å². The minimum absolute atomic E-state index is 1.50. The summed E-state index contributed by atoms with van der Waals surface area (Å²) in [7, 11) is 22.5. The number of hydrogen-bond acceptors (Lipinski definition) is 1. The summed E-state index contributed by atoms with van der Waals surface area (Å²) < 4.78 is 0. The fourth-order valence-electron chi connectivity index (χ4n) is 0. The van der Waals surface area contributed by atoms with Crippen LogP contribution in [0.4, 0.5) is 0 Å². The summed E-state index contributed by atoms with van der Waals surface area (Å²) >= 11 is 0. The van der Waals surface area contributed by atoms with Crippen molar-refractivity contribution < 1.29 is 8.65 Å². The van der Waals surface area contributed by atoms with Gasteiger partial charge in [0.1, 0.15) is 0 Å². The molecule has 0 fully saturated rings. The molecule has 0 rings (SSSR count). The molecule has 0 amide bonds. The van der Waals surface area contributed by atoms with Gasteiger partial charge in [-0.3, -0.25) is 0 Å². The topological polar surface area (TPSA) is 26.0 Å². The van der Waals surface area contributed by atoms with Crippen molar-refractivity contribution in [2.45, 2.75) is 0 Å². The third-order valence-corrected chi connectivity index (χ3v) is 0. The van der Waals surface area contributed by atoms with Crippen LogP contribution in [0.15, 0.2) is 0 Å². The van der Waals surface area contributed by atoms with Gasteiger partial charge in [0.05, 0.1) is 0 Å². The van der Waals surface area contributed by atoms with E-state index in [1.807, 2.05) is 0 Å². The Bertz CT molecular complexity index is 45.6. The maximum atomic E-state index is 5.02. The predicted molar refractivity (Wildman–Crippen MR) is 39.4 cm³/mol. The third-order valence-electron chi connectivity index (χ3n) is 0. The van der Waals surface area contributed by atoms with Crippen LogP contribution in [0.25, 0.3) is 0 Å². The van der Waals surface area contributed by atoms with E-state index in [2.05, 4.69) is 5.73 Å². The van der Waals surface area contributed by atoms with E-state index in [0.717, 1.165) is 0 Å². The van der Waals surface area contributed by atoms with Gasteiger partial charge < -0.3 is 5.73 Å². The molecule has 0 bridgehead atoms. The Morgan fingerprint density at radius 3 is 0.875 bits per heavy atom. The number of nitrogens with two attached hydrogens (primary N) is 1. The average molecular weight is 311 g/mol. The fraction of sp³-hybridized carbons (Fsp3) is 1.00. The normalized spacial score (nSPS) is 15.1. The van der Waals surface area contributed by atoms with Crippen LogP contribution in [0, 0.1) is 0 Å².